The summed E-state index contributed by atoms with van der Waals surface area (Å²) in [5, 5.41) is 0.547. The maximum Gasteiger partial charge on any atom is 0.183 e. The van der Waals surface area contributed by atoms with Gasteiger partial charge in [-0.1, -0.05) is 11.6 Å². The van der Waals surface area contributed by atoms with Crippen molar-refractivity contribution in [2.24, 2.45) is 0 Å². The summed E-state index contributed by atoms with van der Waals surface area (Å²) in [7, 11) is 2.72. The fraction of sp³-hybridized carbons (Fsp3) is 0.455. The number of sulfone groups is 1. The van der Waals surface area contributed by atoms with Gasteiger partial charge in [-0.15, -0.1) is 0 Å². The second-order valence-electron chi connectivity index (χ2n) is 4.79. The molecule has 0 aliphatic carbocycles. The van der Waals surface area contributed by atoms with Crippen LogP contribution in [-0.4, -0.2) is 46.3 Å². The third-order valence-corrected chi connectivity index (χ3v) is 4.17. The molecule has 0 aliphatic heterocycles. The Morgan fingerprint density at radius 3 is 2.06 bits per heavy atom. The average Bonchev–Trinajstić information content (AvgIpc) is 2.15. The van der Waals surface area contributed by atoms with Gasteiger partial charge in [0.1, 0.15) is 5.75 Å². The van der Waals surface area contributed by atoms with Crippen molar-refractivity contribution >= 4 is 21.4 Å². The molecule has 0 saturated heterocycles. The maximum absolute atomic E-state index is 11.9. The first-order valence-corrected chi connectivity index (χ1v) is 7.02. The average molecular weight is 263 g/mol. The summed E-state index contributed by atoms with van der Waals surface area (Å²) in [6, 6.07) is 6.29. The summed E-state index contributed by atoms with van der Waals surface area (Å²) in [5.74, 6) is 0.151. The molecular weight excluding hydrogens is 246 g/mol. The zero-order valence-electron chi connectivity index (χ0n) is 9.77. The Balaban J connectivity index is 2.83. The topological polar surface area (TPSA) is 34.1 Å². The number of nitrogens with zero attached hydrogens (tertiary/aromatic N) is 1. The smallest absolute Gasteiger partial charge is 0.183 e. The molecule has 0 heterocycles. The minimum Gasteiger partial charge on any atom is -0.330 e. The molecule has 0 bridgehead atoms. The number of quaternary nitrogens is 1. The summed E-state index contributed by atoms with van der Waals surface area (Å²) in [6.07, 6.45) is 0. The molecule has 90 valence electrons. The number of benzene rings is 1. The van der Waals surface area contributed by atoms with Crippen LogP contribution >= 0.6 is 11.6 Å². The van der Waals surface area contributed by atoms with Crippen LogP contribution in [0.4, 0.5) is 0 Å². The van der Waals surface area contributed by atoms with Crippen LogP contribution in [0.2, 0.25) is 5.02 Å². The Labute approximate surface area is 102 Å². The highest BCUT2D eigenvalue weighted by atomic mass is 35.5. The Morgan fingerprint density at radius 2 is 1.62 bits per heavy atom. The summed E-state index contributed by atoms with van der Waals surface area (Å²) in [4.78, 5) is 0.338. The zero-order valence-corrected chi connectivity index (χ0v) is 11.3. The van der Waals surface area contributed by atoms with Gasteiger partial charge in [-0.25, -0.2) is 8.42 Å². The molecule has 0 fully saturated rings. The van der Waals surface area contributed by atoms with Crippen LogP contribution in [0.3, 0.4) is 0 Å². The van der Waals surface area contributed by atoms with Crippen molar-refractivity contribution in [3.05, 3.63) is 29.3 Å². The normalized spacial score (nSPS) is 12.8. The molecule has 0 spiro atoms. The van der Waals surface area contributed by atoms with Crippen molar-refractivity contribution in [3.8, 4) is 0 Å². The lowest BCUT2D eigenvalue weighted by atomic mass is 10.4. The first-order chi connectivity index (χ1) is 7.21. The Bertz CT molecular complexity index is 446. The lowest BCUT2D eigenvalue weighted by Crippen LogP contribution is -2.38. The molecule has 0 N–H and O–H groups in total. The molecule has 0 atom stereocenters. The SMILES string of the molecule is C[N+](C)(C)CCS(=O)(=O)c1ccc(Cl)cc1. The van der Waals surface area contributed by atoms with E-state index in [2.05, 4.69) is 0 Å². The second-order valence-corrected chi connectivity index (χ2v) is 7.33. The summed E-state index contributed by atoms with van der Waals surface area (Å²) in [6.45, 7) is 0.588. The molecule has 0 unspecified atom stereocenters. The van der Waals surface area contributed by atoms with Crippen molar-refractivity contribution in [2.45, 2.75) is 4.90 Å². The van der Waals surface area contributed by atoms with Crippen LogP contribution in [0.25, 0.3) is 0 Å². The minimum atomic E-state index is -3.18. The van der Waals surface area contributed by atoms with Crippen LogP contribution in [-0.2, 0) is 9.84 Å². The molecule has 5 heteroatoms. The first kappa shape index (κ1) is 13.5. The van der Waals surface area contributed by atoms with Gasteiger partial charge in [0.25, 0.3) is 0 Å². The van der Waals surface area contributed by atoms with E-state index in [4.69, 9.17) is 11.6 Å². The van der Waals surface area contributed by atoms with E-state index in [1.165, 1.54) is 0 Å². The van der Waals surface area contributed by atoms with Crippen molar-refractivity contribution in [1.82, 2.24) is 0 Å². The third kappa shape index (κ3) is 4.12. The van der Waals surface area contributed by atoms with Crippen LogP contribution in [0.1, 0.15) is 0 Å². The van der Waals surface area contributed by atoms with E-state index in [0.29, 0.717) is 20.9 Å². The summed E-state index contributed by atoms with van der Waals surface area (Å²) >= 11 is 5.71. The van der Waals surface area contributed by atoms with E-state index < -0.39 is 9.84 Å². The number of hydrogen-bond acceptors (Lipinski definition) is 2. The molecule has 0 aliphatic rings. The van der Waals surface area contributed by atoms with Gasteiger partial charge < -0.3 is 4.48 Å². The third-order valence-electron chi connectivity index (χ3n) is 2.20. The van der Waals surface area contributed by atoms with Crippen LogP contribution in [0, 0.1) is 0 Å². The lowest BCUT2D eigenvalue weighted by Gasteiger charge is -2.23. The second kappa shape index (κ2) is 4.73. The highest BCUT2D eigenvalue weighted by Crippen LogP contribution is 2.15. The van der Waals surface area contributed by atoms with E-state index in [1.54, 1.807) is 24.3 Å². The Kier molecular flexibility index (Phi) is 3.99. The lowest BCUT2D eigenvalue weighted by molar-refractivity contribution is -0.867. The molecule has 0 amide bonds. The molecule has 0 aromatic heterocycles. The Hall–Kier alpha value is -0.580. The monoisotopic (exact) mass is 262 g/mol. The van der Waals surface area contributed by atoms with Gasteiger partial charge >= 0.3 is 0 Å². The van der Waals surface area contributed by atoms with E-state index in [-0.39, 0.29) is 5.75 Å². The molecule has 1 aromatic rings. The predicted octanol–water partition coefficient (Wildman–Crippen LogP) is 1.82. The van der Waals surface area contributed by atoms with Crippen molar-refractivity contribution < 1.29 is 12.9 Å². The highest BCUT2D eigenvalue weighted by molar-refractivity contribution is 7.91. The van der Waals surface area contributed by atoms with E-state index >= 15 is 0 Å². The fourth-order valence-corrected chi connectivity index (χ4v) is 2.85. The van der Waals surface area contributed by atoms with E-state index in [0.717, 1.165) is 0 Å². The molecule has 3 nitrogen and oxygen atoms in total. The van der Waals surface area contributed by atoms with Gasteiger partial charge in [0.05, 0.1) is 32.6 Å². The Morgan fingerprint density at radius 1 is 1.12 bits per heavy atom. The van der Waals surface area contributed by atoms with Crippen molar-refractivity contribution in [1.29, 1.82) is 0 Å². The number of rotatable bonds is 4. The first-order valence-electron chi connectivity index (χ1n) is 4.99. The van der Waals surface area contributed by atoms with Gasteiger partial charge in [0, 0.05) is 5.02 Å². The van der Waals surface area contributed by atoms with Crippen LogP contribution in [0.5, 0.6) is 0 Å². The van der Waals surface area contributed by atoms with Crippen LogP contribution in [0.15, 0.2) is 29.2 Å². The van der Waals surface area contributed by atoms with E-state index in [1.807, 2.05) is 21.1 Å². The van der Waals surface area contributed by atoms with Gasteiger partial charge in [0.15, 0.2) is 9.84 Å². The van der Waals surface area contributed by atoms with Crippen LogP contribution < -0.4 is 0 Å². The number of hydrogen-bond donors (Lipinski definition) is 0. The fourth-order valence-electron chi connectivity index (χ4n) is 1.15. The van der Waals surface area contributed by atoms with Gasteiger partial charge in [0.2, 0.25) is 0 Å². The minimum absolute atomic E-state index is 0.151. The number of halogens is 1. The molecule has 0 radical (unpaired) electrons. The van der Waals surface area contributed by atoms with E-state index in [9.17, 15) is 8.42 Å². The van der Waals surface area contributed by atoms with Gasteiger partial charge in [-0.2, -0.15) is 0 Å². The van der Waals surface area contributed by atoms with Crippen molar-refractivity contribution in [2.75, 3.05) is 33.4 Å². The molecule has 1 rings (SSSR count). The largest absolute Gasteiger partial charge is 0.330 e. The molecular formula is C11H17ClNO2S+. The van der Waals surface area contributed by atoms with Gasteiger partial charge in [-0.3, -0.25) is 0 Å². The molecule has 0 saturated carbocycles. The predicted molar refractivity (Wildman–Crippen MR) is 66.4 cm³/mol. The maximum atomic E-state index is 11.9. The van der Waals surface area contributed by atoms with Gasteiger partial charge in [-0.05, 0) is 24.3 Å². The quantitative estimate of drug-likeness (QED) is 0.776. The van der Waals surface area contributed by atoms with Crippen molar-refractivity contribution in [3.63, 3.8) is 0 Å². The highest BCUT2D eigenvalue weighted by Gasteiger charge is 2.18. The summed E-state index contributed by atoms with van der Waals surface area (Å²) in [5.41, 5.74) is 0. The standard InChI is InChI=1S/C11H17ClNO2S/c1-13(2,3)8-9-16(14,15)11-6-4-10(12)5-7-11/h4-7H,8-9H2,1-3H3/q+1. The molecule has 16 heavy (non-hydrogen) atoms. The molecule has 1 aromatic carbocycles. The summed E-state index contributed by atoms with van der Waals surface area (Å²) < 4.78 is 24.5. The zero-order chi connectivity index (χ0) is 12.4.